The summed E-state index contributed by atoms with van der Waals surface area (Å²) in [7, 11) is 3.32. The lowest BCUT2D eigenvalue weighted by Gasteiger charge is -2.15. The van der Waals surface area contributed by atoms with Crippen LogP contribution in [0.1, 0.15) is 23.6 Å². The van der Waals surface area contributed by atoms with Crippen LogP contribution in [0.25, 0.3) is 0 Å². The summed E-state index contributed by atoms with van der Waals surface area (Å²) in [6, 6.07) is 12.3. The second-order valence-corrected chi connectivity index (χ2v) is 5.66. The van der Waals surface area contributed by atoms with E-state index in [4.69, 9.17) is 14.2 Å². The molecule has 1 N–H and O–H groups in total. The molecule has 0 bridgehead atoms. The molecule has 4 heteroatoms. The second kappa shape index (κ2) is 9.74. The number of benzene rings is 2. The van der Waals surface area contributed by atoms with E-state index in [9.17, 15) is 0 Å². The second-order valence-electron chi connectivity index (χ2n) is 5.66. The summed E-state index contributed by atoms with van der Waals surface area (Å²) in [5.74, 6) is 2.43. The van der Waals surface area contributed by atoms with Crippen molar-refractivity contribution in [3.8, 4) is 17.2 Å². The van der Waals surface area contributed by atoms with E-state index < -0.39 is 0 Å². The number of rotatable bonds is 10. The molecule has 0 unspecified atom stereocenters. The van der Waals surface area contributed by atoms with Gasteiger partial charge in [0.05, 0.1) is 20.8 Å². The zero-order chi connectivity index (χ0) is 18.1. The summed E-state index contributed by atoms with van der Waals surface area (Å²) in [5, 5.41) is 3.46. The molecule has 0 amide bonds. The van der Waals surface area contributed by atoms with Crippen molar-refractivity contribution in [1.82, 2.24) is 5.32 Å². The molecule has 0 aliphatic carbocycles. The Bertz CT molecular complexity index is 680. The van der Waals surface area contributed by atoms with Crippen LogP contribution < -0.4 is 19.5 Å². The molecule has 0 saturated heterocycles. The number of allylic oxidation sites excluding steroid dienone is 1. The van der Waals surface area contributed by atoms with Gasteiger partial charge in [-0.05, 0) is 42.7 Å². The summed E-state index contributed by atoms with van der Waals surface area (Å²) in [6.07, 6.45) is 2.61. The van der Waals surface area contributed by atoms with Crippen LogP contribution in [-0.2, 0) is 19.5 Å². The van der Waals surface area contributed by atoms with Crippen LogP contribution in [-0.4, -0.2) is 20.8 Å². The van der Waals surface area contributed by atoms with Gasteiger partial charge in [0, 0.05) is 18.7 Å². The fourth-order valence-electron chi connectivity index (χ4n) is 2.74. The molecular weight excluding hydrogens is 314 g/mol. The fourth-order valence-corrected chi connectivity index (χ4v) is 2.74. The normalized spacial score (nSPS) is 10.4. The smallest absolute Gasteiger partial charge is 0.164 e. The lowest BCUT2D eigenvalue weighted by atomic mass is 10.1. The molecule has 25 heavy (non-hydrogen) atoms. The van der Waals surface area contributed by atoms with E-state index in [2.05, 4.69) is 30.1 Å². The highest BCUT2D eigenvalue weighted by Crippen LogP contribution is 2.33. The Hall–Kier alpha value is -2.46. The molecule has 0 aliphatic rings. The van der Waals surface area contributed by atoms with Crippen molar-refractivity contribution in [2.24, 2.45) is 0 Å². The molecular formula is C21H27NO3. The van der Waals surface area contributed by atoms with Crippen LogP contribution in [0.3, 0.4) is 0 Å². The van der Waals surface area contributed by atoms with E-state index >= 15 is 0 Å². The zero-order valence-electron chi connectivity index (χ0n) is 15.3. The van der Waals surface area contributed by atoms with Crippen LogP contribution in [0, 0.1) is 0 Å². The highest BCUT2D eigenvalue weighted by molar-refractivity contribution is 5.50. The summed E-state index contributed by atoms with van der Waals surface area (Å²) in [6.45, 7) is 8.02. The van der Waals surface area contributed by atoms with Gasteiger partial charge in [0.25, 0.3) is 0 Å². The number of hydrogen-bond donors (Lipinski definition) is 1. The first-order chi connectivity index (χ1) is 12.2. The number of hydrogen-bond acceptors (Lipinski definition) is 4. The first-order valence-corrected chi connectivity index (χ1v) is 8.48. The Kier molecular flexibility index (Phi) is 7.36. The van der Waals surface area contributed by atoms with Gasteiger partial charge in [-0.1, -0.05) is 24.3 Å². The highest BCUT2D eigenvalue weighted by atomic mass is 16.5. The van der Waals surface area contributed by atoms with Gasteiger partial charge in [0.2, 0.25) is 0 Å². The lowest BCUT2D eigenvalue weighted by Crippen LogP contribution is -2.13. The van der Waals surface area contributed by atoms with Crippen LogP contribution in [0.4, 0.5) is 0 Å². The Morgan fingerprint density at radius 2 is 1.72 bits per heavy atom. The fraction of sp³-hybridized carbons (Fsp3) is 0.333. The number of nitrogens with one attached hydrogen (secondary N) is 1. The van der Waals surface area contributed by atoms with E-state index in [1.165, 1.54) is 5.56 Å². The minimum absolute atomic E-state index is 0.684. The largest absolute Gasteiger partial charge is 0.494 e. The molecule has 2 aromatic carbocycles. The Morgan fingerprint density at radius 3 is 2.32 bits per heavy atom. The van der Waals surface area contributed by atoms with Crippen molar-refractivity contribution in [2.45, 2.75) is 26.4 Å². The Balaban J connectivity index is 2.02. The van der Waals surface area contributed by atoms with Crippen molar-refractivity contribution < 1.29 is 14.2 Å². The first kappa shape index (κ1) is 18.9. The monoisotopic (exact) mass is 341 g/mol. The van der Waals surface area contributed by atoms with Crippen molar-refractivity contribution in [1.29, 1.82) is 0 Å². The number of ether oxygens (including phenoxy) is 3. The van der Waals surface area contributed by atoms with Crippen molar-refractivity contribution in [3.05, 3.63) is 65.7 Å². The standard InChI is InChI=1S/C21H27NO3/c1-5-7-18-12-17(13-20(23-3)21(18)24-4)15-22-14-16-8-10-19(11-9-16)25-6-2/h5,8-13,22H,1,6-7,14-15H2,2-4H3. The molecule has 0 aliphatic heterocycles. The van der Waals surface area contributed by atoms with Gasteiger partial charge in [-0.25, -0.2) is 0 Å². The molecule has 0 saturated carbocycles. The van der Waals surface area contributed by atoms with E-state index in [-0.39, 0.29) is 0 Å². The van der Waals surface area contributed by atoms with Crippen LogP contribution >= 0.6 is 0 Å². The van der Waals surface area contributed by atoms with E-state index in [0.717, 1.165) is 47.9 Å². The molecule has 0 aromatic heterocycles. The molecule has 0 heterocycles. The predicted molar refractivity (Wildman–Crippen MR) is 102 cm³/mol. The highest BCUT2D eigenvalue weighted by Gasteiger charge is 2.11. The van der Waals surface area contributed by atoms with Gasteiger partial charge < -0.3 is 19.5 Å². The third-order valence-corrected chi connectivity index (χ3v) is 3.87. The third kappa shape index (κ3) is 5.26. The van der Waals surface area contributed by atoms with Crippen molar-refractivity contribution >= 4 is 0 Å². The minimum atomic E-state index is 0.684. The third-order valence-electron chi connectivity index (χ3n) is 3.87. The van der Waals surface area contributed by atoms with Crippen LogP contribution in [0.15, 0.2) is 49.1 Å². The van der Waals surface area contributed by atoms with Gasteiger partial charge in [0.15, 0.2) is 11.5 Å². The first-order valence-electron chi connectivity index (χ1n) is 8.48. The van der Waals surface area contributed by atoms with E-state index in [0.29, 0.717) is 6.61 Å². The predicted octanol–water partition coefficient (Wildman–Crippen LogP) is 4.12. The van der Waals surface area contributed by atoms with Crippen molar-refractivity contribution in [3.63, 3.8) is 0 Å². The summed E-state index contributed by atoms with van der Waals surface area (Å²) < 4.78 is 16.4. The SMILES string of the molecule is C=CCc1cc(CNCc2ccc(OCC)cc2)cc(OC)c1OC. The molecule has 0 radical (unpaired) electrons. The molecule has 134 valence electrons. The summed E-state index contributed by atoms with van der Waals surface area (Å²) in [5.41, 5.74) is 3.45. The van der Waals surface area contributed by atoms with Crippen molar-refractivity contribution in [2.75, 3.05) is 20.8 Å². The zero-order valence-corrected chi connectivity index (χ0v) is 15.3. The molecule has 0 fully saturated rings. The average molecular weight is 341 g/mol. The lowest BCUT2D eigenvalue weighted by molar-refractivity contribution is 0.340. The minimum Gasteiger partial charge on any atom is -0.494 e. The average Bonchev–Trinajstić information content (AvgIpc) is 2.63. The number of methoxy groups -OCH3 is 2. The van der Waals surface area contributed by atoms with Crippen LogP contribution in [0.5, 0.6) is 17.2 Å². The van der Waals surface area contributed by atoms with Gasteiger partial charge in [-0.15, -0.1) is 6.58 Å². The maximum atomic E-state index is 5.47. The maximum Gasteiger partial charge on any atom is 0.164 e. The topological polar surface area (TPSA) is 39.7 Å². The Labute approximate surface area is 150 Å². The molecule has 0 atom stereocenters. The molecule has 0 spiro atoms. The van der Waals surface area contributed by atoms with E-state index in [1.54, 1.807) is 14.2 Å². The van der Waals surface area contributed by atoms with Crippen LogP contribution in [0.2, 0.25) is 0 Å². The molecule has 2 aromatic rings. The van der Waals surface area contributed by atoms with E-state index in [1.807, 2.05) is 31.2 Å². The Morgan fingerprint density at radius 1 is 1.00 bits per heavy atom. The van der Waals surface area contributed by atoms with Gasteiger partial charge in [-0.3, -0.25) is 0 Å². The molecule has 2 rings (SSSR count). The molecule has 4 nitrogen and oxygen atoms in total. The van der Waals surface area contributed by atoms with Gasteiger partial charge >= 0.3 is 0 Å². The summed E-state index contributed by atoms with van der Waals surface area (Å²) in [4.78, 5) is 0. The quantitative estimate of drug-likeness (QED) is 0.660. The maximum absolute atomic E-state index is 5.47. The van der Waals surface area contributed by atoms with Gasteiger partial charge in [-0.2, -0.15) is 0 Å². The summed E-state index contributed by atoms with van der Waals surface area (Å²) >= 11 is 0. The van der Waals surface area contributed by atoms with Gasteiger partial charge in [0.1, 0.15) is 5.75 Å².